The van der Waals surface area contributed by atoms with Crippen LogP contribution in [0.4, 0.5) is 9.59 Å². The number of aromatic amines is 2. The normalized spacial score (nSPS) is 24.3. The zero-order chi connectivity index (χ0) is 36.4. The molecule has 4 heterocycles. The minimum Gasteiger partial charge on any atom is -0.453 e. The molecule has 2 aliphatic carbocycles. The number of carbonyl (C=O) groups is 4. The third-order valence-electron chi connectivity index (χ3n) is 11.5. The van der Waals surface area contributed by atoms with E-state index in [0.717, 1.165) is 92.8 Å². The molecule has 0 spiro atoms. The lowest BCUT2D eigenvalue weighted by atomic mass is 9.77. The molecule has 3 aromatic rings. The fraction of sp³-hybridized carbons (Fsp3) is 0.579. The number of imidazole rings is 2. The van der Waals surface area contributed by atoms with Crippen LogP contribution in [0.2, 0.25) is 0 Å². The van der Waals surface area contributed by atoms with Crippen LogP contribution in [0, 0.1) is 5.92 Å². The van der Waals surface area contributed by atoms with E-state index in [9.17, 15) is 19.2 Å². The van der Waals surface area contributed by atoms with Crippen molar-refractivity contribution in [2.75, 3.05) is 27.3 Å². The number of nitrogens with zero attached hydrogens (tertiary/aromatic N) is 4. The second-order valence-corrected chi connectivity index (χ2v) is 14.8. The Hall–Kier alpha value is -4.88. The number of aromatic nitrogens is 4. The largest absolute Gasteiger partial charge is 0.453 e. The molecule has 0 unspecified atom stereocenters. The van der Waals surface area contributed by atoms with E-state index in [1.54, 1.807) is 11.8 Å². The van der Waals surface area contributed by atoms with E-state index in [1.165, 1.54) is 19.8 Å². The molecule has 14 heteroatoms. The maximum atomic E-state index is 13.6. The van der Waals surface area contributed by atoms with Gasteiger partial charge in [0.2, 0.25) is 11.8 Å². The number of alkyl carbamates (subject to hydrolysis) is 2. The van der Waals surface area contributed by atoms with Crippen molar-refractivity contribution in [3.8, 4) is 11.3 Å². The number of nitrogens with one attached hydrogen (secondary N) is 4. The van der Waals surface area contributed by atoms with Crippen molar-refractivity contribution in [1.82, 2.24) is 40.4 Å². The molecule has 4 atom stereocenters. The lowest BCUT2D eigenvalue weighted by molar-refractivity contribution is -0.135. The molecule has 2 saturated carbocycles. The Kier molecular flexibility index (Phi) is 10.5. The maximum absolute atomic E-state index is 13.6. The molecule has 4 amide bonds. The Morgan fingerprint density at radius 3 is 1.94 bits per heavy atom. The van der Waals surface area contributed by atoms with Crippen molar-refractivity contribution >= 4 is 24.0 Å². The van der Waals surface area contributed by atoms with Crippen LogP contribution in [0.3, 0.4) is 0 Å². The van der Waals surface area contributed by atoms with Gasteiger partial charge in [0.25, 0.3) is 0 Å². The van der Waals surface area contributed by atoms with Crippen molar-refractivity contribution in [2.45, 2.75) is 107 Å². The van der Waals surface area contributed by atoms with Gasteiger partial charge in [-0.1, -0.05) is 24.3 Å². The summed E-state index contributed by atoms with van der Waals surface area (Å²) in [6.07, 6.45) is 12.2. The van der Waals surface area contributed by atoms with Crippen LogP contribution in [0.25, 0.3) is 11.3 Å². The number of benzene rings is 1. The molecule has 4 N–H and O–H groups in total. The molecule has 4 fully saturated rings. The average Bonchev–Trinajstić information content (AvgIpc) is 3.64. The number of carbonyl (C=O) groups excluding carboxylic acids is 4. The minimum absolute atomic E-state index is 0.0405. The van der Waals surface area contributed by atoms with Crippen LogP contribution < -0.4 is 10.6 Å². The lowest BCUT2D eigenvalue weighted by Crippen LogP contribution is -2.49. The van der Waals surface area contributed by atoms with Gasteiger partial charge in [0.1, 0.15) is 23.7 Å². The Morgan fingerprint density at radius 1 is 0.731 bits per heavy atom. The topological polar surface area (TPSA) is 175 Å². The summed E-state index contributed by atoms with van der Waals surface area (Å²) in [6.45, 7) is 2.94. The summed E-state index contributed by atoms with van der Waals surface area (Å²) in [5.74, 6) is 2.44. The van der Waals surface area contributed by atoms with E-state index in [0.29, 0.717) is 24.9 Å². The zero-order valence-corrected chi connectivity index (χ0v) is 30.2. The van der Waals surface area contributed by atoms with E-state index < -0.39 is 24.3 Å². The molecule has 52 heavy (non-hydrogen) atoms. The van der Waals surface area contributed by atoms with Gasteiger partial charge < -0.3 is 39.9 Å². The van der Waals surface area contributed by atoms with Crippen LogP contribution in [-0.4, -0.2) is 93.1 Å². The SMILES string of the molecule is COC(=O)N[C@@H](C)C(=O)N1CCC[C@H]1c1ncc(-c2ccc(C3CCC(c4cnc([C@@H]5CCCN5C(=O)[C@@H](NC(=O)OC)C5CC5)[nH]4)CC3)cc2)[nH]1. The van der Waals surface area contributed by atoms with Gasteiger partial charge in [-0.05, 0) is 94.1 Å². The van der Waals surface area contributed by atoms with Crippen LogP contribution in [-0.2, 0) is 19.1 Å². The van der Waals surface area contributed by atoms with E-state index in [4.69, 9.17) is 9.72 Å². The van der Waals surface area contributed by atoms with Crippen molar-refractivity contribution in [2.24, 2.45) is 5.92 Å². The van der Waals surface area contributed by atoms with Gasteiger partial charge in [0.05, 0.1) is 38.2 Å². The van der Waals surface area contributed by atoms with Gasteiger partial charge >= 0.3 is 12.2 Å². The van der Waals surface area contributed by atoms with Crippen LogP contribution in [0.5, 0.6) is 0 Å². The Labute approximate surface area is 303 Å². The first-order valence-electron chi connectivity index (χ1n) is 18.7. The third-order valence-corrected chi connectivity index (χ3v) is 11.5. The monoisotopic (exact) mass is 714 g/mol. The Balaban J connectivity index is 0.932. The number of hydrogen-bond donors (Lipinski definition) is 4. The number of amides is 4. The molecular formula is C38H50N8O6. The lowest BCUT2D eigenvalue weighted by Gasteiger charge is -2.29. The predicted octanol–water partition coefficient (Wildman–Crippen LogP) is 5.45. The summed E-state index contributed by atoms with van der Waals surface area (Å²) >= 11 is 0. The number of H-pyrrole nitrogens is 2. The van der Waals surface area contributed by atoms with Crippen molar-refractivity contribution < 1.29 is 28.7 Å². The molecule has 1 aromatic carbocycles. The number of hydrogen-bond acceptors (Lipinski definition) is 8. The maximum Gasteiger partial charge on any atom is 0.407 e. The summed E-state index contributed by atoms with van der Waals surface area (Å²) < 4.78 is 9.44. The highest BCUT2D eigenvalue weighted by atomic mass is 16.5. The fourth-order valence-electron chi connectivity index (χ4n) is 8.40. The second kappa shape index (κ2) is 15.4. The molecule has 14 nitrogen and oxygen atoms in total. The molecule has 7 rings (SSSR count). The molecule has 4 aliphatic rings. The Bertz CT molecular complexity index is 1740. The summed E-state index contributed by atoms with van der Waals surface area (Å²) in [5, 5.41) is 5.35. The summed E-state index contributed by atoms with van der Waals surface area (Å²) in [4.78, 5) is 70.4. The number of methoxy groups -OCH3 is 2. The molecule has 2 aliphatic heterocycles. The summed E-state index contributed by atoms with van der Waals surface area (Å²) in [5.41, 5.74) is 4.42. The summed E-state index contributed by atoms with van der Waals surface area (Å²) in [6, 6.07) is 7.21. The zero-order valence-electron chi connectivity index (χ0n) is 30.2. The van der Waals surface area contributed by atoms with Crippen LogP contribution in [0.15, 0.2) is 36.7 Å². The van der Waals surface area contributed by atoms with Gasteiger partial charge in [-0.3, -0.25) is 9.59 Å². The molecule has 0 radical (unpaired) electrons. The predicted molar refractivity (Wildman–Crippen MR) is 191 cm³/mol. The molecule has 2 aromatic heterocycles. The fourth-order valence-corrected chi connectivity index (χ4v) is 8.40. The third kappa shape index (κ3) is 7.51. The second-order valence-electron chi connectivity index (χ2n) is 14.8. The van der Waals surface area contributed by atoms with Gasteiger partial charge in [0, 0.05) is 30.9 Å². The number of ether oxygens (including phenoxy) is 2. The highest BCUT2D eigenvalue weighted by Crippen LogP contribution is 2.42. The Morgan fingerprint density at radius 2 is 1.31 bits per heavy atom. The van der Waals surface area contributed by atoms with Gasteiger partial charge in [-0.2, -0.15) is 0 Å². The highest BCUT2D eigenvalue weighted by Gasteiger charge is 2.43. The van der Waals surface area contributed by atoms with Crippen molar-refractivity contribution in [3.05, 3.63) is 59.6 Å². The quantitative estimate of drug-likeness (QED) is 0.215. The average molecular weight is 715 g/mol. The van der Waals surface area contributed by atoms with Crippen LogP contribution in [0.1, 0.15) is 118 Å². The molecular weight excluding hydrogens is 664 g/mol. The van der Waals surface area contributed by atoms with Crippen molar-refractivity contribution in [3.63, 3.8) is 0 Å². The molecule has 0 bridgehead atoms. The number of likely N-dealkylation sites (tertiary alicyclic amines) is 2. The first-order valence-corrected chi connectivity index (χ1v) is 18.7. The van der Waals surface area contributed by atoms with E-state index >= 15 is 0 Å². The van der Waals surface area contributed by atoms with Gasteiger partial charge in [-0.15, -0.1) is 0 Å². The van der Waals surface area contributed by atoms with E-state index in [1.807, 2.05) is 17.3 Å². The van der Waals surface area contributed by atoms with E-state index in [-0.39, 0.29) is 29.8 Å². The molecule has 278 valence electrons. The minimum atomic E-state index is -0.689. The molecule has 2 saturated heterocycles. The van der Waals surface area contributed by atoms with Gasteiger partial charge in [-0.25, -0.2) is 19.6 Å². The number of rotatable bonds is 10. The van der Waals surface area contributed by atoms with Gasteiger partial charge in [0.15, 0.2) is 0 Å². The smallest absolute Gasteiger partial charge is 0.407 e. The first-order chi connectivity index (χ1) is 25.2. The summed E-state index contributed by atoms with van der Waals surface area (Å²) in [7, 11) is 2.60. The van der Waals surface area contributed by atoms with E-state index in [2.05, 4.69) is 54.6 Å². The first kappa shape index (κ1) is 35.5. The van der Waals surface area contributed by atoms with Crippen LogP contribution >= 0.6 is 0 Å². The van der Waals surface area contributed by atoms with Crippen molar-refractivity contribution in [1.29, 1.82) is 0 Å². The highest BCUT2D eigenvalue weighted by molar-refractivity contribution is 5.87. The standard InChI is InChI=1S/C38H50N8O6/c1-22(41-37(49)51-2)35(47)45-18-4-6-30(45)33-39-20-28(42-33)25-12-8-23(9-13-25)24-10-14-26(15-11-24)29-21-40-34(43-29)31-7-5-19-46(31)36(48)32(27-16-17-27)44-38(50)52-3/h8-9,12-13,20-22,24,26-27,30-32H,4-7,10-11,14-19H2,1-3H3,(H,39,42)(H,40,43)(H,41,49)(H,44,50)/t22-,24?,26?,30-,31-,32-/m0/s1.